The minimum Gasteiger partial charge on any atom is -0.324 e. The number of carbonyl (C=O) groups excluding carboxylic acids is 1. The zero-order valence-corrected chi connectivity index (χ0v) is 10.8. The van der Waals surface area contributed by atoms with Crippen molar-refractivity contribution in [2.24, 2.45) is 5.92 Å². The number of benzene rings is 1. The molecule has 0 spiro atoms. The molecule has 0 saturated carbocycles. The Kier molecular flexibility index (Phi) is 4.81. The first-order chi connectivity index (χ1) is 8.93. The van der Waals surface area contributed by atoms with Crippen molar-refractivity contribution in [1.82, 2.24) is 0 Å². The molecule has 0 aliphatic heterocycles. The molecule has 1 rings (SSSR count). The van der Waals surface area contributed by atoms with Gasteiger partial charge >= 0.3 is 12.4 Å². The van der Waals surface area contributed by atoms with E-state index in [0.717, 1.165) is 12.1 Å². The average Bonchev–Trinajstić information content (AvgIpc) is 2.18. The van der Waals surface area contributed by atoms with E-state index in [2.05, 4.69) is 0 Å². The van der Waals surface area contributed by atoms with Gasteiger partial charge in [0.15, 0.2) is 0 Å². The summed E-state index contributed by atoms with van der Waals surface area (Å²) in [6.07, 6.45) is -11.5. The summed E-state index contributed by atoms with van der Waals surface area (Å²) in [5.74, 6) is -6.43. The van der Waals surface area contributed by atoms with E-state index in [1.165, 1.54) is 11.4 Å². The van der Waals surface area contributed by atoms with Crippen LogP contribution in [-0.4, -0.2) is 18.3 Å². The van der Waals surface area contributed by atoms with Gasteiger partial charge in [-0.15, -0.1) is 0 Å². The predicted molar refractivity (Wildman–Crippen MR) is 60.7 cm³/mol. The number of nitrogens with one attached hydrogen (secondary N) is 1. The Labute approximate surface area is 118 Å². The summed E-state index contributed by atoms with van der Waals surface area (Å²) >= 11 is 11.0. The normalized spacial score (nSPS) is 12.7. The first kappa shape index (κ1) is 16.9. The molecule has 20 heavy (non-hydrogen) atoms. The quantitative estimate of drug-likeness (QED) is 0.779. The smallest absolute Gasteiger partial charge is 0.324 e. The minimum absolute atomic E-state index is 0.0136. The van der Waals surface area contributed by atoms with Gasteiger partial charge in [-0.1, -0.05) is 23.2 Å². The molecule has 2 nitrogen and oxygen atoms in total. The van der Waals surface area contributed by atoms with Gasteiger partial charge in [0.05, 0.1) is 10.7 Å². The Morgan fingerprint density at radius 1 is 1.05 bits per heavy atom. The van der Waals surface area contributed by atoms with E-state index in [-0.39, 0.29) is 10.0 Å². The summed E-state index contributed by atoms with van der Waals surface area (Å²) in [5, 5.41) is 1.21. The van der Waals surface area contributed by atoms with Gasteiger partial charge in [-0.2, -0.15) is 26.3 Å². The fourth-order valence-corrected chi connectivity index (χ4v) is 1.62. The number of rotatable bonds is 2. The maximum atomic E-state index is 12.3. The third-order valence-electron chi connectivity index (χ3n) is 2.10. The maximum absolute atomic E-state index is 12.3. The molecule has 10 heteroatoms. The Balaban J connectivity index is 3.07. The SMILES string of the molecule is O=C(Nc1cc(Cl)ccc1Cl)C(C(F)(F)F)C(F)(F)F. The van der Waals surface area contributed by atoms with E-state index in [4.69, 9.17) is 23.2 Å². The number of carbonyl (C=O) groups is 1. The largest absolute Gasteiger partial charge is 0.409 e. The molecule has 0 unspecified atom stereocenters. The molecule has 112 valence electrons. The van der Waals surface area contributed by atoms with Crippen LogP contribution in [0.3, 0.4) is 0 Å². The zero-order valence-electron chi connectivity index (χ0n) is 9.24. The van der Waals surface area contributed by atoms with Crippen molar-refractivity contribution < 1.29 is 31.1 Å². The van der Waals surface area contributed by atoms with E-state index in [0.29, 0.717) is 0 Å². The monoisotopic (exact) mass is 339 g/mol. The topological polar surface area (TPSA) is 29.1 Å². The standard InChI is InChI=1S/C10H5Cl2F6NO/c11-4-1-2-5(12)6(3-4)19-8(20)7(9(13,14)15)10(16,17)18/h1-3,7H,(H,19,20). The molecule has 1 amide bonds. The van der Waals surface area contributed by atoms with Crippen LogP contribution in [0.2, 0.25) is 10.0 Å². The van der Waals surface area contributed by atoms with Crippen LogP contribution < -0.4 is 5.32 Å². The summed E-state index contributed by atoms with van der Waals surface area (Å²) < 4.78 is 73.9. The molecule has 0 fully saturated rings. The van der Waals surface area contributed by atoms with Crippen molar-refractivity contribution >= 4 is 34.8 Å². The fraction of sp³-hybridized carbons (Fsp3) is 0.300. The molecular formula is C10H5Cl2F6NO. The lowest BCUT2D eigenvalue weighted by Crippen LogP contribution is -2.45. The van der Waals surface area contributed by atoms with Crippen molar-refractivity contribution in [2.75, 3.05) is 5.32 Å². The molecule has 1 aromatic carbocycles. The Morgan fingerprint density at radius 2 is 1.55 bits per heavy atom. The second kappa shape index (κ2) is 5.69. The second-order valence-electron chi connectivity index (χ2n) is 3.63. The second-order valence-corrected chi connectivity index (χ2v) is 4.47. The van der Waals surface area contributed by atoms with Crippen molar-refractivity contribution in [3.8, 4) is 0 Å². The van der Waals surface area contributed by atoms with Gasteiger partial charge in [-0.05, 0) is 18.2 Å². The summed E-state index contributed by atoms with van der Waals surface area (Å²) in [6, 6.07) is 3.31. The third kappa shape index (κ3) is 4.17. The Morgan fingerprint density at radius 3 is 2.00 bits per heavy atom. The van der Waals surface area contributed by atoms with Crippen molar-refractivity contribution in [1.29, 1.82) is 0 Å². The van der Waals surface area contributed by atoms with Crippen molar-refractivity contribution in [2.45, 2.75) is 12.4 Å². The van der Waals surface area contributed by atoms with Gasteiger partial charge in [0.2, 0.25) is 11.8 Å². The highest BCUT2D eigenvalue weighted by molar-refractivity contribution is 6.35. The Hall–Kier alpha value is -1.15. The highest BCUT2D eigenvalue weighted by Crippen LogP contribution is 2.40. The fourth-order valence-electron chi connectivity index (χ4n) is 1.28. The minimum atomic E-state index is -5.77. The van der Waals surface area contributed by atoms with Crippen LogP contribution in [0.4, 0.5) is 32.0 Å². The lowest BCUT2D eigenvalue weighted by atomic mass is 10.1. The molecule has 0 atom stereocenters. The number of amides is 1. The van der Waals surface area contributed by atoms with E-state index >= 15 is 0 Å². The maximum Gasteiger partial charge on any atom is 0.409 e. The first-order valence-corrected chi connectivity index (χ1v) is 5.58. The molecular weight excluding hydrogens is 335 g/mol. The van der Waals surface area contributed by atoms with Crippen LogP contribution in [0, 0.1) is 5.92 Å². The van der Waals surface area contributed by atoms with Gasteiger partial charge in [0, 0.05) is 5.02 Å². The average molecular weight is 340 g/mol. The number of hydrogen-bond acceptors (Lipinski definition) is 1. The molecule has 0 saturated heterocycles. The molecule has 0 bridgehead atoms. The summed E-state index contributed by atoms with van der Waals surface area (Å²) in [6.45, 7) is 0. The van der Waals surface area contributed by atoms with E-state index in [9.17, 15) is 31.1 Å². The molecule has 0 heterocycles. The summed E-state index contributed by atoms with van der Waals surface area (Å²) in [5.41, 5.74) is -0.442. The number of alkyl halides is 6. The third-order valence-corrected chi connectivity index (χ3v) is 2.67. The van der Waals surface area contributed by atoms with Crippen LogP contribution in [0.25, 0.3) is 0 Å². The van der Waals surface area contributed by atoms with Crippen LogP contribution in [0.5, 0.6) is 0 Å². The predicted octanol–water partition coefficient (Wildman–Crippen LogP) is 4.67. The van der Waals surface area contributed by atoms with E-state index in [1.807, 2.05) is 0 Å². The number of anilines is 1. The molecule has 0 radical (unpaired) electrons. The van der Waals surface area contributed by atoms with Gasteiger partial charge < -0.3 is 5.32 Å². The van der Waals surface area contributed by atoms with Gasteiger partial charge in [-0.25, -0.2) is 0 Å². The molecule has 1 aromatic rings. The van der Waals surface area contributed by atoms with Gasteiger partial charge in [0.1, 0.15) is 0 Å². The molecule has 0 aliphatic carbocycles. The van der Waals surface area contributed by atoms with Gasteiger partial charge in [-0.3, -0.25) is 4.79 Å². The van der Waals surface area contributed by atoms with Crippen LogP contribution in [0.15, 0.2) is 18.2 Å². The van der Waals surface area contributed by atoms with Gasteiger partial charge in [0.25, 0.3) is 0 Å². The molecule has 0 aromatic heterocycles. The lowest BCUT2D eigenvalue weighted by Gasteiger charge is -2.22. The summed E-state index contributed by atoms with van der Waals surface area (Å²) in [7, 11) is 0. The van der Waals surface area contributed by atoms with Crippen LogP contribution >= 0.6 is 23.2 Å². The summed E-state index contributed by atoms with van der Waals surface area (Å²) in [4.78, 5) is 11.2. The first-order valence-electron chi connectivity index (χ1n) is 4.82. The number of hydrogen-bond donors (Lipinski definition) is 1. The van der Waals surface area contributed by atoms with Crippen LogP contribution in [-0.2, 0) is 4.79 Å². The molecule has 0 aliphatic rings. The molecule has 1 N–H and O–H groups in total. The van der Waals surface area contributed by atoms with E-state index < -0.39 is 29.9 Å². The zero-order chi connectivity index (χ0) is 15.7. The number of halogens is 8. The van der Waals surface area contributed by atoms with Crippen molar-refractivity contribution in [3.63, 3.8) is 0 Å². The van der Waals surface area contributed by atoms with E-state index in [1.54, 1.807) is 0 Å². The lowest BCUT2D eigenvalue weighted by molar-refractivity contribution is -0.272. The highest BCUT2D eigenvalue weighted by Gasteiger charge is 2.61. The highest BCUT2D eigenvalue weighted by atomic mass is 35.5. The Bertz CT molecular complexity index is 499. The van der Waals surface area contributed by atoms with Crippen molar-refractivity contribution in [3.05, 3.63) is 28.2 Å². The van der Waals surface area contributed by atoms with Crippen LogP contribution in [0.1, 0.15) is 0 Å².